The molecule has 0 amide bonds. The monoisotopic (exact) mass is 354 g/mol. The van der Waals surface area contributed by atoms with E-state index in [0.29, 0.717) is 18.1 Å². The van der Waals surface area contributed by atoms with Crippen molar-refractivity contribution in [1.82, 2.24) is 0 Å². The van der Waals surface area contributed by atoms with Gasteiger partial charge in [-0.3, -0.25) is 0 Å². The predicted octanol–water partition coefficient (Wildman–Crippen LogP) is 5.74. The topological polar surface area (TPSA) is 20.2 Å². The van der Waals surface area contributed by atoms with Crippen molar-refractivity contribution in [1.29, 1.82) is 0 Å². The van der Waals surface area contributed by atoms with Crippen molar-refractivity contribution in [2.45, 2.75) is 44.9 Å². The molecule has 1 nitrogen and oxygen atoms in total. The molecule has 0 fully saturated rings. The zero-order valence-electron chi connectivity index (χ0n) is 14.0. The fraction of sp³-hybridized carbons (Fsp3) is 0.368. The van der Waals surface area contributed by atoms with Crippen LogP contribution in [-0.4, -0.2) is 5.11 Å². The number of alkyl halides is 3. The molecule has 0 aliphatic heterocycles. The molecule has 1 unspecified atom stereocenters. The summed E-state index contributed by atoms with van der Waals surface area (Å²) < 4.78 is 40.0. The molecule has 2 aromatic carbocycles. The molecule has 0 radical (unpaired) electrons. The van der Waals surface area contributed by atoms with Crippen LogP contribution in [0.2, 0.25) is 0 Å². The Hall–Kier alpha value is -1.54. The van der Waals surface area contributed by atoms with Gasteiger partial charge in [0.25, 0.3) is 0 Å². The smallest absolute Gasteiger partial charge is 0.417 e. The molecule has 0 saturated carbocycles. The Morgan fingerprint density at radius 3 is 2.08 bits per heavy atom. The summed E-state index contributed by atoms with van der Waals surface area (Å²) in [6.07, 6.45) is -3.05. The summed E-state index contributed by atoms with van der Waals surface area (Å²) in [5.41, 5.74) is 0.900. The third-order valence-electron chi connectivity index (χ3n) is 4.57. The van der Waals surface area contributed by atoms with Crippen LogP contribution in [0.4, 0.5) is 13.2 Å². The third kappa shape index (κ3) is 3.59. The van der Waals surface area contributed by atoms with E-state index < -0.39 is 16.9 Å². The fourth-order valence-corrected chi connectivity index (χ4v) is 4.76. The highest BCUT2D eigenvalue weighted by Crippen LogP contribution is 2.51. The maximum absolute atomic E-state index is 13.3. The number of aryl methyl sites for hydroxylation is 1. The van der Waals surface area contributed by atoms with Gasteiger partial charge in [0.1, 0.15) is 5.75 Å². The average molecular weight is 354 g/mol. The molecule has 1 atom stereocenters. The van der Waals surface area contributed by atoms with Gasteiger partial charge in [0.05, 0.1) is 5.56 Å². The number of benzene rings is 2. The van der Waals surface area contributed by atoms with Crippen LogP contribution < -0.4 is 5.30 Å². The quantitative estimate of drug-likeness (QED) is 0.679. The van der Waals surface area contributed by atoms with Crippen LogP contribution in [0.25, 0.3) is 0 Å². The van der Waals surface area contributed by atoms with Gasteiger partial charge in [-0.15, -0.1) is 0 Å². The summed E-state index contributed by atoms with van der Waals surface area (Å²) in [6, 6.07) is 11.2. The molecule has 0 bridgehead atoms. The van der Waals surface area contributed by atoms with Crippen molar-refractivity contribution in [2.75, 3.05) is 0 Å². The molecular weight excluding hydrogens is 332 g/mol. The minimum atomic E-state index is -4.37. The molecule has 0 aliphatic carbocycles. The highest BCUT2D eigenvalue weighted by atomic mass is 31.1. The highest BCUT2D eigenvalue weighted by molar-refractivity contribution is 7.48. The lowest BCUT2D eigenvalue weighted by molar-refractivity contribution is -0.136. The van der Waals surface area contributed by atoms with Crippen LogP contribution in [0.3, 0.4) is 0 Å². The Morgan fingerprint density at radius 2 is 1.50 bits per heavy atom. The fourth-order valence-electron chi connectivity index (χ4n) is 3.02. The van der Waals surface area contributed by atoms with Gasteiger partial charge in [0.15, 0.2) is 0 Å². The van der Waals surface area contributed by atoms with E-state index in [1.54, 1.807) is 12.1 Å². The molecule has 0 heterocycles. The first kappa shape index (κ1) is 18.8. The van der Waals surface area contributed by atoms with Crippen molar-refractivity contribution in [2.24, 2.45) is 0 Å². The van der Waals surface area contributed by atoms with E-state index in [2.05, 4.69) is 0 Å². The van der Waals surface area contributed by atoms with Crippen LogP contribution in [-0.2, 0) is 11.3 Å². The second-order valence-electron chi connectivity index (χ2n) is 5.93. The largest absolute Gasteiger partial charge is 0.507 e. The van der Waals surface area contributed by atoms with Gasteiger partial charge >= 0.3 is 6.18 Å². The molecule has 0 aromatic heterocycles. The summed E-state index contributed by atoms with van der Waals surface area (Å²) in [7, 11) is -0.0715. The molecule has 5 heteroatoms. The summed E-state index contributed by atoms with van der Waals surface area (Å²) >= 11 is 0. The van der Waals surface area contributed by atoms with Crippen molar-refractivity contribution >= 4 is 13.9 Å². The second-order valence-corrected chi connectivity index (χ2v) is 7.67. The zero-order valence-corrected chi connectivity index (χ0v) is 15.0. The van der Waals surface area contributed by atoms with Crippen molar-refractivity contribution in [3.63, 3.8) is 0 Å². The molecule has 130 valence electrons. The summed E-state index contributed by atoms with van der Waals surface area (Å²) in [5.74, 6) is 0.193. The van der Waals surface area contributed by atoms with E-state index in [4.69, 9.17) is 0 Å². The number of hydrogen-bond donors (Lipinski definition) is 1. The molecule has 2 rings (SSSR count). The Balaban J connectivity index is 2.56. The van der Waals surface area contributed by atoms with Crippen molar-refractivity contribution in [3.8, 4) is 5.75 Å². The number of rotatable bonds is 5. The van der Waals surface area contributed by atoms with E-state index in [1.807, 2.05) is 39.0 Å². The van der Waals surface area contributed by atoms with Gasteiger partial charge in [-0.05, 0) is 36.7 Å². The summed E-state index contributed by atoms with van der Waals surface area (Å²) in [5, 5.41) is 10.3. The maximum atomic E-state index is 13.3. The minimum absolute atomic E-state index is 0.0715. The van der Waals surface area contributed by atoms with E-state index in [-0.39, 0.29) is 14.3 Å². The Morgan fingerprint density at radius 1 is 0.917 bits per heavy atom. The van der Waals surface area contributed by atoms with Crippen LogP contribution in [0, 0.1) is 6.92 Å². The zero-order chi connectivity index (χ0) is 18.0. The van der Waals surface area contributed by atoms with Crippen molar-refractivity contribution in [3.05, 3.63) is 59.2 Å². The second kappa shape index (κ2) is 7.14. The predicted molar refractivity (Wildman–Crippen MR) is 94.5 cm³/mol. The third-order valence-corrected chi connectivity index (χ3v) is 6.73. The normalized spacial score (nSPS) is 12.9. The van der Waals surface area contributed by atoms with Crippen molar-refractivity contribution < 1.29 is 18.3 Å². The first-order valence-corrected chi connectivity index (χ1v) is 8.98. The Labute approximate surface area is 142 Å². The van der Waals surface area contributed by atoms with Crippen LogP contribution >= 0.6 is 8.58 Å². The summed E-state index contributed by atoms with van der Waals surface area (Å²) in [6.45, 7) is 5.74. The van der Waals surface area contributed by atoms with E-state index in [1.165, 1.54) is 6.07 Å². The van der Waals surface area contributed by atoms with Crippen LogP contribution in [0.15, 0.2) is 42.5 Å². The van der Waals surface area contributed by atoms with Gasteiger partial charge < -0.3 is 5.11 Å². The molecule has 24 heavy (non-hydrogen) atoms. The number of aromatic hydroxyl groups is 1. The first-order chi connectivity index (χ1) is 11.2. The number of halogens is 3. The molecule has 1 N–H and O–H groups in total. The average Bonchev–Trinajstić information content (AvgIpc) is 2.55. The van der Waals surface area contributed by atoms with E-state index in [0.717, 1.165) is 17.2 Å². The van der Waals surface area contributed by atoms with Crippen LogP contribution in [0.1, 0.15) is 43.4 Å². The lowest BCUT2D eigenvalue weighted by Gasteiger charge is -2.34. The van der Waals surface area contributed by atoms with Gasteiger partial charge in [0, 0.05) is 10.7 Å². The molecule has 0 spiro atoms. The maximum Gasteiger partial charge on any atom is 0.417 e. The Bertz CT molecular complexity index is 706. The van der Waals surface area contributed by atoms with Gasteiger partial charge in [-0.1, -0.05) is 58.8 Å². The minimum Gasteiger partial charge on any atom is -0.507 e. The number of phenols is 1. The lowest BCUT2D eigenvalue weighted by Crippen LogP contribution is -2.25. The molecular formula is C19H22F3OP. The lowest BCUT2D eigenvalue weighted by atomic mass is 9.90. The van der Waals surface area contributed by atoms with E-state index in [9.17, 15) is 18.3 Å². The van der Waals surface area contributed by atoms with Gasteiger partial charge in [-0.2, -0.15) is 13.2 Å². The number of hydrogen-bond acceptors (Lipinski definition) is 1. The highest BCUT2D eigenvalue weighted by Gasteiger charge is 2.37. The van der Waals surface area contributed by atoms with Gasteiger partial charge in [0.2, 0.25) is 0 Å². The first-order valence-electron chi connectivity index (χ1n) is 7.98. The molecule has 2 aromatic rings. The summed E-state index contributed by atoms with van der Waals surface area (Å²) in [4.78, 5) is 0. The van der Waals surface area contributed by atoms with E-state index >= 15 is 0 Å². The van der Waals surface area contributed by atoms with Gasteiger partial charge in [-0.25, -0.2) is 0 Å². The van der Waals surface area contributed by atoms with Crippen LogP contribution in [0.5, 0.6) is 5.75 Å². The molecule has 0 aliphatic rings. The standard InChI is InChI=1S/C19H22F3OP/c1-4-18(5-2,15-11-8-9-13(3)17(15)23)24-16-12-7-6-10-14(16)19(20,21)22/h6-12,23-24H,4-5H2,1-3H3. The Kier molecular flexibility index (Phi) is 5.59. The number of para-hydroxylation sites is 1. The SMILES string of the molecule is CCC(CC)(Pc1ccccc1C(F)(F)F)c1cccc(C)c1O. The number of phenolic OH excluding ortho intramolecular Hbond substituents is 1. The molecule has 0 saturated heterocycles.